The minimum Gasteiger partial charge on any atom is -0.350 e. The van der Waals surface area contributed by atoms with Crippen molar-refractivity contribution >= 4 is 5.91 Å². The lowest BCUT2D eigenvalue weighted by atomic mass is 10.1. The second-order valence-electron chi connectivity index (χ2n) is 5.06. The fourth-order valence-corrected chi connectivity index (χ4v) is 1.81. The molecule has 3 nitrogen and oxygen atoms in total. The Labute approximate surface area is 114 Å². The molecule has 0 fully saturated rings. The van der Waals surface area contributed by atoms with Crippen molar-refractivity contribution in [3.05, 3.63) is 35.6 Å². The molecule has 106 valence electrons. The van der Waals surface area contributed by atoms with Gasteiger partial charge in [0.15, 0.2) is 0 Å². The maximum atomic E-state index is 13.1. The number of carbonyl (C=O) groups is 1. The van der Waals surface area contributed by atoms with Crippen molar-refractivity contribution in [2.45, 2.75) is 45.7 Å². The van der Waals surface area contributed by atoms with Gasteiger partial charge < -0.3 is 10.6 Å². The average Bonchev–Trinajstić information content (AvgIpc) is 2.34. The third-order valence-corrected chi connectivity index (χ3v) is 2.86. The summed E-state index contributed by atoms with van der Waals surface area (Å²) in [6.45, 7) is 6.84. The Kier molecular flexibility index (Phi) is 6.50. The standard InChI is InChI=1S/C15H23FN2O/c1-11(2)17-9-5-8-15(19)18-12(3)13-6-4-7-14(16)10-13/h4,6-7,10-12,17H,5,8-9H2,1-3H3,(H,18,19). The van der Waals surface area contributed by atoms with Crippen LogP contribution in [0, 0.1) is 5.82 Å². The van der Waals surface area contributed by atoms with Gasteiger partial charge in [-0.2, -0.15) is 0 Å². The highest BCUT2D eigenvalue weighted by Crippen LogP contribution is 2.13. The van der Waals surface area contributed by atoms with Crippen LogP contribution < -0.4 is 10.6 Å². The van der Waals surface area contributed by atoms with Crippen molar-refractivity contribution in [2.24, 2.45) is 0 Å². The molecule has 4 heteroatoms. The molecule has 1 atom stereocenters. The minimum atomic E-state index is -0.278. The van der Waals surface area contributed by atoms with Crippen LogP contribution in [0.15, 0.2) is 24.3 Å². The molecule has 1 amide bonds. The van der Waals surface area contributed by atoms with Crippen LogP contribution in [0.25, 0.3) is 0 Å². The van der Waals surface area contributed by atoms with E-state index in [1.807, 2.05) is 13.0 Å². The molecule has 0 aromatic heterocycles. The normalized spacial score (nSPS) is 12.5. The summed E-state index contributed by atoms with van der Waals surface area (Å²) in [4.78, 5) is 11.7. The highest BCUT2D eigenvalue weighted by atomic mass is 19.1. The molecule has 0 spiro atoms. The molecule has 0 saturated carbocycles. The van der Waals surface area contributed by atoms with Gasteiger partial charge in [0, 0.05) is 12.5 Å². The summed E-state index contributed by atoms with van der Waals surface area (Å²) < 4.78 is 13.1. The van der Waals surface area contributed by atoms with E-state index in [0.29, 0.717) is 12.5 Å². The molecule has 0 aliphatic carbocycles. The van der Waals surface area contributed by atoms with Crippen LogP contribution in [-0.4, -0.2) is 18.5 Å². The lowest BCUT2D eigenvalue weighted by Crippen LogP contribution is -2.28. The molecule has 1 aromatic rings. The van der Waals surface area contributed by atoms with Gasteiger partial charge in [-0.1, -0.05) is 26.0 Å². The SMILES string of the molecule is CC(C)NCCCC(=O)NC(C)c1cccc(F)c1. The van der Waals surface area contributed by atoms with E-state index in [2.05, 4.69) is 24.5 Å². The third-order valence-electron chi connectivity index (χ3n) is 2.86. The Morgan fingerprint density at radius 3 is 2.68 bits per heavy atom. The second kappa shape index (κ2) is 7.89. The number of hydrogen-bond acceptors (Lipinski definition) is 2. The first-order valence-corrected chi connectivity index (χ1v) is 6.77. The van der Waals surface area contributed by atoms with Crippen molar-refractivity contribution in [1.29, 1.82) is 0 Å². The number of halogens is 1. The molecule has 1 rings (SSSR count). The minimum absolute atomic E-state index is 0.00215. The molecule has 0 bridgehead atoms. The molecule has 0 aliphatic rings. The van der Waals surface area contributed by atoms with Gasteiger partial charge in [-0.15, -0.1) is 0 Å². The van der Waals surface area contributed by atoms with E-state index in [1.54, 1.807) is 6.07 Å². The molecule has 0 aliphatic heterocycles. The number of amides is 1. The lowest BCUT2D eigenvalue weighted by molar-refractivity contribution is -0.121. The Balaban J connectivity index is 2.32. The highest BCUT2D eigenvalue weighted by molar-refractivity contribution is 5.76. The van der Waals surface area contributed by atoms with Gasteiger partial charge in [-0.25, -0.2) is 4.39 Å². The second-order valence-corrected chi connectivity index (χ2v) is 5.06. The van der Waals surface area contributed by atoms with Crippen LogP contribution in [0.5, 0.6) is 0 Å². The summed E-state index contributed by atoms with van der Waals surface area (Å²) in [7, 11) is 0. The topological polar surface area (TPSA) is 41.1 Å². The first-order chi connectivity index (χ1) is 8.99. The molecule has 1 unspecified atom stereocenters. The van der Waals surface area contributed by atoms with Crippen molar-refractivity contribution in [3.8, 4) is 0 Å². The van der Waals surface area contributed by atoms with Gasteiger partial charge in [0.05, 0.1) is 6.04 Å². The van der Waals surface area contributed by atoms with E-state index < -0.39 is 0 Å². The molecule has 19 heavy (non-hydrogen) atoms. The van der Waals surface area contributed by atoms with E-state index in [-0.39, 0.29) is 17.8 Å². The Morgan fingerprint density at radius 1 is 1.32 bits per heavy atom. The van der Waals surface area contributed by atoms with Gasteiger partial charge in [0.25, 0.3) is 0 Å². The lowest BCUT2D eigenvalue weighted by Gasteiger charge is -2.14. The summed E-state index contributed by atoms with van der Waals surface area (Å²) in [6, 6.07) is 6.59. The number of carbonyl (C=O) groups excluding carboxylic acids is 1. The van der Waals surface area contributed by atoms with E-state index in [4.69, 9.17) is 0 Å². The first-order valence-electron chi connectivity index (χ1n) is 6.77. The summed E-state index contributed by atoms with van der Waals surface area (Å²) in [5, 5.41) is 6.14. The smallest absolute Gasteiger partial charge is 0.220 e. The molecule has 1 aromatic carbocycles. The fourth-order valence-electron chi connectivity index (χ4n) is 1.81. The van der Waals surface area contributed by atoms with Gasteiger partial charge >= 0.3 is 0 Å². The quantitative estimate of drug-likeness (QED) is 0.745. The molecular weight excluding hydrogens is 243 g/mol. The van der Waals surface area contributed by atoms with Crippen molar-refractivity contribution < 1.29 is 9.18 Å². The zero-order chi connectivity index (χ0) is 14.3. The van der Waals surface area contributed by atoms with Crippen molar-refractivity contribution in [3.63, 3.8) is 0 Å². The molecule has 0 radical (unpaired) electrons. The van der Waals surface area contributed by atoms with Crippen LogP contribution >= 0.6 is 0 Å². The third kappa shape index (κ3) is 6.34. The van der Waals surface area contributed by atoms with Crippen molar-refractivity contribution in [2.75, 3.05) is 6.54 Å². The molecular formula is C15H23FN2O. The van der Waals surface area contributed by atoms with Gasteiger partial charge in [0.2, 0.25) is 5.91 Å². The van der Waals surface area contributed by atoms with Gasteiger partial charge in [-0.05, 0) is 37.6 Å². The summed E-state index contributed by atoms with van der Waals surface area (Å²) in [5.41, 5.74) is 0.786. The zero-order valence-corrected chi connectivity index (χ0v) is 11.9. The monoisotopic (exact) mass is 266 g/mol. The summed E-state index contributed by atoms with van der Waals surface area (Å²) in [5.74, 6) is -0.276. The summed E-state index contributed by atoms with van der Waals surface area (Å²) in [6.07, 6.45) is 1.29. The predicted molar refractivity (Wildman–Crippen MR) is 75.3 cm³/mol. The van der Waals surface area contributed by atoms with E-state index in [0.717, 1.165) is 18.5 Å². The highest BCUT2D eigenvalue weighted by Gasteiger charge is 2.09. The number of nitrogens with one attached hydrogen (secondary N) is 2. The number of hydrogen-bond donors (Lipinski definition) is 2. The fraction of sp³-hybridized carbons (Fsp3) is 0.533. The van der Waals surface area contributed by atoms with E-state index >= 15 is 0 Å². The maximum absolute atomic E-state index is 13.1. The van der Waals surface area contributed by atoms with Gasteiger partial charge in [-0.3, -0.25) is 4.79 Å². The molecule has 0 heterocycles. The van der Waals surface area contributed by atoms with Crippen LogP contribution in [0.4, 0.5) is 4.39 Å². The maximum Gasteiger partial charge on any atom is 0.220 e. The summed E-state index contributed by atoms with van der Waals surface area (Å²) >= 11 is 0. The number of benzene rings is 1. The Hall–Kier alpha value is -1.42. The van der Waals surface area contributed by atoms with Crippen LogP contribution in [-0.2, 0) is 4.79 Å². The van der Waals surface area contributed by atoms with Crippen molar-refractivity contribution in [1.82, 2.24) is 10.6 Å². The Bertz CT molecular complexity index is 407. The molecule has 2 N–H and O–H groups in total. The Morgan fingerprint density at radius 2 is 2.05 bits per heavy atom. The molecule has 0 saturated heterocycles. The average molecular weight is 266 g/mol. The van der Waals surface area contributed by atoms with Gasteiger partial charge in [0.1, 0.15) is 5.82 Å². The largest absolute Gasteiger partial charge is 0.350 e. The first kappa shape index (κ1) is 15.6. The zero-order valence-electron chi connectivity index (χ0n) is 11.9. The van der Waals surface area contributed by atoms with E-state index in [1.165, 1.54) is 12.1 Å². The van der Waals surface area contributed by atoms with E-state index in [9.17, 15) is 9.18 Å². The predicted octanol–water partition coefficient (Wildman–Crippen LogP) is 2.78. The van der Waals surface area contributed by atoms with Crippen LogP contribution in [0.2, 0.25) is 0 Å². The van der Waals surface area contributed by atoms with Crippen LogP contribution in [0.1, 0.15) is 45.2 Å². The van der Waals surface area contributed by atoms with Crippen LogP contribution in [0.3, 0.4) is 0 Å². The number of rotatable bonds is 7.